The van der Waals surface area contributed by atoms with Crippen molar-refractivity contribution in [1.82, 2.24) is 0 Å². The van der Waals surface area contributed by atoms with Crippen molar-refractivity contribution in [2.24, 2.45) is 5.73 Å². The van der Waals surface area contributed by atoms with E-state index in [0.717, 1.165) is 0 Å². The Morgan fingerprint density at radius 2 is 2.20 bits per heavy atom. The molecule has 4 heteroatoms. The Morgan fingerprint density at radius 3 is 2.50 bits per heavy atom. The molecular weight excluding hydrogens is 134 g/mol. The Hall–Kier alpha value is -0.610. The summed E-state index contributed by atoms with van der Waals surface area (Å²) in [5.74, 6) is -0.972. The molecule has 0 aliphatic heterocycles. The molecule has 4 N–H and O–H groups in total. The van der Waals surface area contributed by atoms with Crippen LogP contribution in [0.2, 0.25) is 0 Å². The lowest BCUT2D eigenvalue weighted by Gasteiger charge is -2.13. The van der Waals surface area contributed by atoms with Gasteiger partial charge in [-0.25, -0.2) is 0 Å². The molecule has 0 saturated carbocycles. The third kappa shape index (κ3) is 3.42. The van der Waals surface area contributed by atoms with E-state index in [9.17, 15) is 4.79 Å². The third-order valence-corrected chi connectivity index (χ3v) is 1.32. The molecular formula is C6H13NO3. The number of rotatable bonds is 4. The van der Waals surface area contributed by atoms with Gasteiger partial charge in [0.15, 0.2) is 0 Å². The zero-order chi connectivity index (χ0) is 8.15. The van der Waals surface area contributed by atoms with Crippen molar-refractivity contribution in [3.05, 3.63) is 0 Å². The van der Waals surface area contributed by atoms with Gasteiger partial charge in [0.2, 0.25) is 0 Å². The molecule has 0 amide bonds. The molecule has 0 saturated heterocycles. The second-order valence-electron chi connectivity index (χ2n) is 2.24. The first-order chi connectivity index (χ1) is 4.57. The summed E-state index contributed by atoms with van der Waals surface area (Å²) in [6.07, 6.45) is -0.375. The molecule has 0 unspecified atom stereocenters. The topological polar surface area (TPSA) is 83.5 Å². The van der Waals surface area contributed by atoms with Crippen LogP contribution >= 0.6 is 0 Å². The van der Waals surface area contributed by atoms with Gasteiger partial charge in [0.25, 0.3) is 0 Å². The van der Waals surface area contributed by atoms with E-state index in [4.69, 9.17) is 15.9 Å². The minimum Gasteiger partial charge on any atom is -0.481 e. The van der Waals surface area contributed by atoms with Crippen LogP contribution in [0.5, 0.6) is 0 Å². The summed E-state index contributed by atoms with van der Waals surface area (Å²) in [6.45, 7) is 1.76. The Kier molecular flexibility index (Phi) is 3.99. The second-order valence-corrected chi connectivity index (χ2v) is 2.24. The van der Waals surface area contributed by atoms with E-state index < -0.39 is 18.1 Å². The van der Waals surface area contributed by atoms with Crippen molar-refractivity contribution in [3.8, 4) is 0 Å². The van der Waals surface area contributed by atoms with E-state index in [-0.39, 0.29) is 6.42 Å². The Bertz CT molecular complexity index is 116. The molecule has 0 bridgehead atoms. The molecule has 10 heavy (non-hydrogen) atoms. The highest BCUT2D eigenvalue weighted by atomic mass is 16.4. The normalized spacial score (nSPS) is 16.3. The average molecular weight is 147 g/mol. The van der Waals surface area contributed by atoms with E-state index in [2.05, 4.69) is 0 Å². The summed E-state index contributed by atoms with van der Waals surface area (Å²) >= 11 is 0. The minimum atomic E-state index is -0.972. The molecule has 0 spiro atoms. The average Bonchev–Trinajstić information content (AvgIpc) is 1.85. The fourth-order valence-electron chi connectivity index (χ4n) is 0.640. The Balaban J connectivity index is 3.61. The van der Waals surface area contributed by atoms with Gasteiger partial charge in [-0.3, -0.25) is 4.79 Å². The predicted molar refractivity (Wildman–Crippen MR) is 36.5 cm³/mol. The van der Waals surface area contributed by atoms with Gasteiger partial charge in [0, 0.05) is 6.04 Å². The maximum absolute atomic E-state index is 10.0. The van der Waals surface area contributed by atoms with E-state index in [1.54, 1.807) is 6.92 Å². The van der Waals surface area contributed by atoms with E-state index in [1.807, 2.05) is 0 Å². The zero-order valence-corrected chi connectivity index (χ0v) is 5.95. The summed E-state index contributed by atoms with van der Waals surface area (Å²) in [6, 6.07) is -0.637. The number of nitrogens with two attached hydrogens (primary N) is 1. The third-order valence-electron chi connectivity index (χ3n) is 1.32. The number of aliphatic hydroxyl groups is 1. The number of carboxylic acids is 1. The highest BCUT2D eigenvalue weighted by Gasteiger charge is 2.15. The molecule has 0 aromatic rings. The standard InChI is InChI=1S/C6H13NO3/c1-2-5(8)4(7)3-6(9)10/h4-5,8H,2-3,7H2,1H3,(H,9,10)/t4-,5+/m1/s1. The Morgan fingerprint density at radius 1 is 1.70 bits per heavy atom. The zero-order valence-electron chi connectivity index (χ0n) is 5.95. The van der Waals surface area contributed by atoms with Gasteiger partial charge in [-0.2, -0.15) is 0 Å². The highest BCUT2D eigenvalue weighted by molar-refractivity contribution is 5.67. The number of aliphatic hydroxyl groups excluding tert-OH is 1. The first-order valence-electron chi connectivity index (χ1n) is 3.23. The van der Waals surface area contributed by atoms with Gasteiger partial charge in [-0.15, -0.1) is 0 Å². The fraction of sp³-hybridized carbons (Fsp3) is 0.833. The first-order valence-corrected chi connectivity index (χ1v) is 3.23. The van der Waals surface area contributed by atoms with Crippen LogP contribution in [0, 0.1) is 0 Å². The van der Waals surface area contributed by atoms with Crippen LogP contribution in [0.25, 0.3) is 0 Å². The summed E-state index contributed by atoms with van der Waals surface area (Å²) in [7, 11) is 0. The van der Waals surface area contributed by atoms with Gasteiger partial charge < -0.3 is 15.9 Å². The minimum absolute atomic E-state index is 0.172. The molecule has 0 aromatic heterocycles. The summed E-state index contributed by atoms with van der Waals surface area (Å²) in [5.41, 5.74) is 5.30. The molecule has 0 heterocycles. The van der Waals surface area contributed by atoms with Crippen LogP contribution in [0.1, 0.15) is 19.8 Å². The molecule has 0 aliphatic rings. The van der Waals surface area contributed by atoms with Crippen molar-refractivity contribution < 1.29 is 15.0 Å². The fourth-order valence-corrected chi connectivity index (χ4v) is 0.640. The van der Waals surface area contributed by atoms with Gasteiger partial charge >= 0.3 is 5.97 Å². The van der Waals surface area contributed by atoms with Crippen LogP contribution in [0.15, 0.2) is 0 Å². The number of hydrogen-bond donors (Lipinski definition) is 3. The van der Waals surface area contributed by atoms with Gasteiger partial charge in [0.05, 0.1) is 12.5 Å². The molecule has 4 nitrogen and oxygen atoms in total. The molecule has 0 radical (unpaired) electrons. The SMILES string of the molecule is CC[C@H](O)[C@H](N)CC(=O)O. The van der Waals surface area contributed by atoms with E-state index >= 15 is 0 Å². The van der Waals surface area contributed by atoms with Gasteiger partial charge in [0.1, 0.15) is 0 Å². The van der Waals surface area contributed by atoms with Crippen LogP contribution < -0.4 is 5.73 Å². The van der Waals surface area contributed by atoms with Crippen LogP contribution in [-0.4, -0.2) is 28.3 Å². The Labute approximate surface area is 59.7 Å². The van der Waals surface area contributed by atoms with Gasteiger partial charge in [-0.1, -0.05) is 6.92 Å². The van der Waals surface area contributed by atoms with Crippen molar-refractivity contribution in [1.29, 1.82) is 0 Å². The smallest absolute Gasteiger partial charge is 0.305 e. The largest absolute Gasteiger partial charge is 0.481 e. The number of carbonyl (C=O) groups is 1. The highest BCUT2D eigenvalue weighted by Crippen LogP contribution is 1.99. The lowest BCUT2D eigenvalue weighted by molar-refractivity contribution is -0.138. The number of carboxylic acid groups (broad SMARTS) is 1. The lowest BCUT2D eigenvalue weighted by atomic mass is 10.1. The lowest BCUT2D eigenvalue weighted by Crippen LogP contribution is -2.36. The van der Waals surface area contributed by atoms with E-state index in [0.29, 0.717) is 6.42 Å². The van der Waals surface area contributed by atoms with E-state index in [1.165, 1.54) is 0 Å². The molecule has 0 fully saturated rings. The number of aliphatic carboxylic acids is 1. The summed E-state index contributed by atoms with van der Waals surface area (Å²) in [4.78, 5) is 10.0. The molecule has 0 aromatic carbocycles. The monoisotopic (exact) mass is 147 g/mol. The number of hydrogen-bond acceptors (Lipinski definition) is 3. The van der Waals surface area contributed by atoms with Crippen LogP contribution in [-0.2, 0) is 4.79 Å². The van der Waals surface area contributed by atoms with Crippen molar-refractivity contribution >= 4 is 5.97 Å². The molecule has 0 aliphatic carbocycles. The second kappa shape index (κ2) is 4.24. The first kappa shape index (κ1) is 9.39. The molecule has 0 rings (SSSR count). The maximum Gasteiger partial charge on any atom is 0.305 e. The quantitative estimate of drug-likeness (QED) is 0.503. The van der Waals surface area contributed by atoms with Gasteiger partial charge in [-0.05, 0) is 6.42 Å². The van der Waals surface area contributed by atoms with Crippen molar-refractivity contribution in [2.45, 2.75) is 31.9 Å². The molecule has 60 valence electrons. The van der Waals surface area contributed by atoms with Crippen molar-refractivity contribution in [3.63, 3.8) is 0 Å². The van der Waals surface area contributed by atoms with Crippen LogP contribution in [0.3, 0.4) is 0 Å². The van der Waals surface area contributed by atoms with Crippen molar-refractivity contribution in [2.75, 3.05) is 0 Å². The summed E-state index contributed by atoms with van der Waals surface area (Å²) < 4.78 is 0. The maximum atomic E-state index is 10.0. The van der Waals surface area contributed by atoms with Crippen LogP contribution in [0.4, 0.5) is 0 Å². The predicted octanol–water partition coefficient (Wildman–Crippen LogP) is -0.441. The molecule has 2 atom stereocenters. The summed E-state index contributed by atoms with van der Waals surface area (Å²) in [5, 5.41) is 17.2.